The average molecular weight is 260 g/mol. The molecule has 0 bridgehead atoms. The van der Waals surface area contributed by atoms with Crippen LogP contribution in [0.5, 0.6) is 0 Å². The quantitative estimate of drug-likeness (QED) is 0.597. The molecule has 1 fully saturated rings. The summed E-state index contributed by atoms with van der Waals surface area (Å²) < 4.78 is 0. The molecule has 1 aromatic carbocycles. The molecule has 1 aromatic rings. The van der Waals surface area contributed by atoms with Gasteiger partial charge in [-0.2, -0.15) is 5.26 Å². The Bertz CT molecular complexity index is 465. The second-order valence-electron chi connectivity index (χ2n) is 4.73. The van der Waals surface area contributed by atoms with Crippen molar-refractivity contribution in [1.82, 2.24) is 5.48 Å². The van der Waals surface area contributed by atoms with E-state index < -0.39 is 18.1 Å². The number of carbonyl (C=O) groups is 1. The van der Waals surface area contributed by atoms with Crippen molar-refractivity contribution in [2.24, 2.45) is 5.92 Å². The molecule has 2 atom stereocenters. The third-order valence-electron chi connectivity index (χ3n) is 3.11. The van der Waals surface area contributed by atoms with Gasteiger partial charge in [0.1, 0.15) is 0 Å². The highest BCUT2D eigenvalue weighted by atomic mass is 16.7. The van der Waals surface area contributed by atoms with Crippen LogP contribution in [0.1, 0.15) is 29.6 Å². The topological polar surface area (TPSA) is 82.3 Å². The van der Waals surface area contributed by atoms with Crippen molar-refractivity contribution in [3.63, 3.8) is 0 Å². The highest BCUT2D eigenvalue weighted by molar-refractivity contribution is 5.89. The average Bonchev–Trinajstić information content (AvgIpc) is 3.27. The fourth-order valence-corrected chi connectivity index (χ4v) is 1.81. The van der Waals surface area contributed by atoms with Crippen LogP contribution in [0.3, 0.4) is 0 Å². The molecule has 0 aliphatic heterocycles. The fraction of sp³-hybridized carbons (Fsp3) is 0.429. The van der Waals surface area contributed by atoms with Crippen molar-refractivity contribution in [2.45, 2.75) is 31.4 Å². The second kappa shape index (κ2) is 6.32. The maximum Gasteiger partial charge on any atom is 0.356 e. The van der Waals surface area contributed by atoms with Crippen LogP contribution in [0.2, 0.25) is 0 Å². The fourth-order valence-electron chi connectivity index (χ4n) is 1.81. The predicted octanol–water partition coefficient (Wildman–Crippen LogP) is 1.40. The van der Waals surface area contributed by atoms with Crippen LogP contribution in [0.15, 0.2) is 30.3 Å². The van der Waals surface area contributed by atoms with E-state index in [-0.39, 0.29) is 0 Å². The van der Waals surface area contributed by atoms with E-state index in [2.05, 4.69) is 5.48 Å². The van der Waals surface area contributed by atoms with E-state index in [0.717, 1.165) is 12.8 Å². The zero-order valence-electron chi connectivity index (χ0n) is 10.5. The standard InChI is InChI=1S/C14H16N2O3/c15-9-13(17)12(8-10-6-7-10)16-19-14(18)11-4-2-1-3-5-11/h1-5,10,12-13,16-17H,6-8H2/t12-,13?/m0/s1. The molecule has 2 N–H and O–H groups in total. The van der Waals surface area contributed by atoms with E-state index >= 15 is 0 Å². The van der Waals surface area contributed by atoms with Gasteiger partial charge in [-0.05, 0) is 24.5 Å². The first-order chi connectivity index (χ1) is 9.20. The molecule has 0 spiro atoms. The first-order valence-electron chi connectivity index (χ1n) is 6.30. The molecule has 1 aliphatic rings. The number of nitrogens with zero attached hydrogens (tertiary/aromatic N) is 1. The summed E-state index contributed by atoms with van der Waals surface area (Å²) in [5, 5.41) is 18.3. The number of rotatable bonds is 6. The van der Waals surface area contributed by atoms with Gasteiger partial charge in [0.2, 0.25) is 0 Å². The van der Waals surface area contributed by atoms with Gasteiger partial charge in [0, 0.05) is 0 Å². The van der Waals surface area contributed by atoms with Crippen molar-refractivity contribution >= 4 is 5.97 Å². The third-order valence-corrected chi connectivity index (χ3v) is 3.11. The Morgan fingerprint density at radius 2 is 2.16 bits per heavy atom. The number of aliphatic hydroxyl groups is 1. The van der Waals surface area contributed by atoms with Gasteiger partial charge < -0.3 is 9.94 Å². The molecule has 1 aliphatic carbocycles. The van der Waals surface area contributed by atoms with E-state index in [1.165, 1.54) is 0 Å². The van der Waals surface area contributed by atoms with Gasteiger partial charge in [0.15, 0.2) is 6.10 Å². The monoisotopic (exact) mass is 260 g/mol. The van der Waals surface area contributed by atoms with Crippen molar-refractivity contribution in [2.75, 3.05) is 0 Å². The molecule has 0 radical (unpaired) electrons. The smallest absolute Gasteiger partial charge is 0.356 e. The highest BCUT2D eigenvalue weighted by Gasteiger charge is 2.30. The zero-order valence-corrected chi connectivity index (χ0v) is 10.5. The first kappa shape index (κ1) is 13.5. The lowest BCUT2D eigenvalue weighted by atomic mass is 10.1. The number of benzene rings is 1. The van der Waals surface area contributed by atoms with E-state index in [1.54, 1.807) is 36.4 Å². The lowest BCUT2D eigenvalue weighted by molar-refractivity contribution is -0.00100. The van der Waals surface area contributed by atoms with Gasteiger partial charge in [-0.15, -0.1) is 5.48 Å². The summed E-state index contributed by atoms with van der Waals surface area (Å²) in [4.78, 5) is 16.7. The molecule has 5 nitrogen and oxygen atoms in total. The number of nitriles is 1. The number of aliphatic hydroxyl groups excluding tert-OH is 1. The molecule has 1 unspecified atom stereocenters. The van der Waals surface area contributed by atoms with Gasteiger partial charge in [0.25, 0.3) is 0 Å². The molecule has 2 rings (SSSR count). The van der Waals surface area contributed by atoms with Gasteiger partial charge in [-0.1, -0.05) is 31.0 Å². The second-order valence-corrected chi connectivity index (χ2v) is 4.73. The van der Waals surface area contributed by atoms with Crippen molar-refractivity contribution in [3.05, 3.63) is 35.9 Å². The van der Waals surface area contributed by atoms with Gasteiger partial charge in [-0.3, -0.25) is 0 Å². The van der Waals surface area contributed by atoms with E-state index in [4.69, 9.17) is 10.1 Å². The van der Waals surface area contributed by atoms with Crippen LogP contribution in [0.4, 0.5) is 0 Å². The molecule has 0 aromatic heterocycles. The predicted molar refractivity (Wildman–Crippen MR) is 67.7 cm³/mol. The van der Waals surface area contributed by atoms with Crippen LogP contribution < -0.4 is 5.48 Å². The number of hydrogen-bond acceptors (Lipinski definition) is 5. The molecule has 100 valence electrons. The van der Waals surface area contributed by atoms with Gasteiger partial charge in [0.05, 0.1) is 17.7 Å². The summed E-state index contributed by atoms with van der Waals surface area (Å²) in [6, 6.07) is 9.79. The summed E-state index contributed by atoms with van der Waals surface area (Å²) in [5.41, 5.74) is 2.94. The minimum absolute atomic E-state index is 0.423. The minimum Gasteiger partial charge on any atom is -0.376 e. The van der Waals surface area contributed by atoms with Crippen molar-refractivity contribution in [3.8, 4) is 6.07 Å². The largest absolute Gasteiger partial charge is 0.376 e. The summed E-state index contributed by atoms with van der Waals surface area (Å²) in [6.07, 6.45) is 1.66. The lowest BCUT2D eigenvalue weighted by Gasteiger charge is -2.18. The van der Waals surface area contributed by atoms with Gasteiger partial charge in [-0.25, -0.2) is 4.79 Å². The zero-order chi connectivity index (χ0) is 13.7. The van der Waals surface area contributed by atoms with Crippen molar-refractivity contribution < 1.29 is 14.7 Å². The lowest BCUT2D eigenvalue weighted by Crippen LogP contribution is -2.40. The Morgan fingerprint density at radius 1 is 1.47 bits per heavy atom. The van der Waals surface area contributed by atoms with E-state index in [9.17, 15) is 9.90 Å². The van der Waals surface area contributed by atoms with Crippen LogP contribution in [0, 0.1) is 17.2 Å². The Hall–Kier alpha value is -1.90. The molecular weight excluding hydrogens is 244 g/mol. The minimum atomic E-state index is -1.18. The first-order valence-corrected chi connectivity index (χ1v) is 6.30. The number of nitrogens with one attached hydrogen (secondary N) is 1. The maximum absolute atomic E-state index is 11.7. The van der Waals surface area contributed by atoms with Crippen LogP contribution >= 0.6 is 0 Å². The van der Waals surface area contributed by atoms with Crippen LogP contribution in [-0.4, -0.2) is 23.2 Å². The number of hydroxylamine groups is 1. The molecule has 0 saturated heterocycles. The molecule has 5 heteroatoms. The molecule has 0 amide bonds. The third kappa shape index (κ3) is 4.05. The van der Waals surface area contributed by atoms with E-state index in [1.807, 2.05) is 0 Å². The van der Waals surface area contributed by atoms with Gasteiger partial charge >= 0.3 is 5.97 Å². The van der Waals surface area contributed by atoms with Crippen LogP contribution in [-0.2, 0) is 4.84 Å². The van der Waals surface area contributed by atoms with Crippen LogP contribution in [0.25, 0.3) is 0 Å². The molecule has 0 heterocycles. The Balaban J connectivity index is 1.87. The number of carbonyl (C=O) groups excluding carboxylic acids is 1. The SMILES string of the molecule is N#CC(O)[C@H](CC1CC1)NOC(=O)c1ccccc1. The highest BCUT2D eigenvalue weighted by Crippen LogP contribution is 2.34. The number of hydrogen-bond donors (Lipinski definition) is 2. The summed E-state index contributed by atoms with van der Waals surface area (Å²) in [7, 11) is 0. The Morgan fingerprint density at radius 3 is 2.74 bits per heavy atom. The van der Waals surface area contributed by atoms with Crippen molar-refractivity contribution in [1.29, 1.82) is 5.26 Å². The molecule has 19 heavy (non-hydrogen) atoms. The van der Waals surface area contributed by atoms with E-state index in [0.29, 0.717) is 17.9 Å². The molecular formula is C14H16N2O3. The summed E-state index contributed by atoms with van der Waals surface area (Å²) >= 11 is 0. The summed E-state index contributed by atoms with van der Waals surface area (Å²) in [6.45, 7) is 0. The Kier molecular flexibility index (Phi) is 4.50. The summed E-state index contributed by atoms with van der Waals surface area (Å²) in [5.74, 6) is -0.0116. The maximum atomic E-state index is 11.7. The molecule has 1 saturated carbocycles. The Labute approximate surface area is 111 Å². The normalized spacial score (nSPS) is 17.3.